The molecule has 0 fully saturated rings. The summed E-state index contributed by atoms with van der Waals surface area (Å²) in [4.78, 5) is 14.4. The number of hydrogen-bond acceptors (Lipinski definition) is 2. The smallest absolute Gasteiger partial charge is 0.307 e. The lowest BCUT2D eigenvalue weighted by Gasteiger charge is -2.05. The van der Waals surface area contributed by atoms with Crippen LogP contribution in [0.1, 0.15) is 5.56 Å². The molecule has 0 atom stereocenters. The fourth-order valence-corrected chi connectivity index (χ4v) is 1.75. The minimum atomic E-state index is -1.00. The predicted octanol–water partition coefficient (Wildman–Crippen LogP) is 2.65. The third kappa shape index (κ3) is 1.84. The molecule has 0 aliphatic heterocycles. The second-order valence-electron chi connectivity index (χ2n) is 3.30. The van der Waals surface area contributed by atoms with E-state index in [2.05, 4.69) is 4.98 Å². The molecule has 0 saturated heterocycles. The average Bonchev–Trinajstić information content (AvgIpc) is 2.23. The number of aliphatic carboxylic acids is 1. The summed E-state index contributed by atoms with van der Waals surface area (Å²) < 4.78 is 13.3. The lowest BCUT2D eigenvalue weighted by molar-refractivity contribution is -0.136. The van der Waals surface area contributed by atoms with Crippen LogP contribution >= 0.6 is 11.6 Å². The summed E-state index contributed by atoms with van der Waals surface area (Å²) in [5, 5.41) is 9.33. The van der Waals surface area contributed by atoms with Gasteiger partial charge in [0.25, 0.3) is 0 Å². The van der Waals surface area contributed by atoms with E-state index in [1.54, 1.807) is 6.07 Å². The van der Waals surface area contributed by atoms with Crippen LogP contribution in [0.3, 0.4) is 0 Å². The Labute approximate surface area is 95.5 Å². The van der Waals surface area contributed by atoms with E-state index in [9.17, 15) is 9.18 Å². The van der Waals surface area contributed by atoms with E-state index < -0.39 is 11.8 Å². The van der Waals surface area contributed by atoms with Gasteiger partial charge in [0, 0.05) is 17.1 Å². The van der Waals surface area contributed by atoms with Gasteiger partial charge in [0.15, 0.2) is 0 Å². The zero-order valence-corrected chi connectivity index (χ0v) is 8.83. The second kappa shape index (κ2) is 4.06. The number of carboxylic acid groups (broad SMARTS) is 1. The van der Waals surface area contributed by atoms with Crippen LogP contribution in [0.5, 0.6) is 0 Å². The molecule has 1 aromatic heterocycles. The molecule has 0 spiro atoms. The number of halogens is 2. The zero-order valence-electron chi connectivity index (χ0n) is 8.08. The molecule has 1 N–H and O–H groups in total. The first-order valence-electron chi connectivity index (χ1n) is 4.53. The van der Waals surface area contributed by atoms with E-state index in [0.29, 0.717) is 10.9 Å². The fraction of sp³-hybridized carbons (Fsp3) is 0.0909. The highest BCUT2D eigenvalue weighted by molar-refractivity contribution is 6.36. The van der Waals surface area contributed by atoms with Gasteiger partial charge in [-0.1, -0.05) is 23.7 Å². The SMILES string of the molecule is O=C(O)Cc1cnc2c(F)cccc2c1Cl. The average molecular weight is 240 g/mol. The van der Waals surface area contributed by atoms with Gasteiger partial charge in [-0.05, 0) is 6.07 Å². The number of carboxylic acids is 1. The van der Waals surface area contributed by atoms with E-state index in [1.165, 1.54) is 18.3 Å². The topological polar surface area (TPSA) is 50.2 Å². The third-order valence-corrected chi connectivity index (χ3v) is 2.64. The van der Waals surface area contributed by atoms with Crippen molar-refractivity contribution in [2.24, 2.45) is 0 Å². The molecule has 0 aliphatic rings. The van der Waals surface area contributed by atoms with Gasteiger partial charge in [-0.25, -0.2) is 4.39 Å². The van der Waals surface area contributed by atoms with Gasteiger partial charge < -0.3 is 5.11 Å². The Morgan fingerprint density at radius 3 is 2.94 bits per heavy atom. The van der Waals surface area contributed by atoms with Gasteiger partial charge in [-0.2, -0.15) is 0 Å². The van der Waals surface area contributed by atoms with Gasteiger partial charge in [0.1, 0.15) is 11.3 Å². The van der Waals surface area contributed by atoms with Crippen molar-refractivity contribution in [3.63, 3.8) is 0 Å². The summed E-state index contributed by atoms with van der Waals surface area (Å²) in [6.07, 6.45) is 1.07. The highest BCUT2D eigenvalue weighted by Gasteiger charge is 2.11. The van der Waals surface area contributed by atoms with E-state index in [4.69, 9.17) is 16.7 Å². The van der Waals surface area contributed by atoms with Crippen molar-refractivity contribution >= 4 is 28.5 Å². The number of rotatable bonds is 2. The van der Waals surface area contributed by atoms with Crippen LogP contribution < -0.4 is 0 Å². The molecule has 3 nitrogen and oxygen atoms in total. The lowest BCUT2D eigenvalue weighted by Crippen LogP contribution is -2.02. The molecular formula is C11H7ClFNO2. The summed E-state index contributed by atoms with van der Waals surface area (Å²) >= 11 is 5.99. The molecule has 0 amide bonds. The first kappa shape index (κ1) is 10.8. The molecule has 1 heterocycles. The molecule has 0 aliphatic carbocycles. The number of fused-ring (bicyclic) bond motifs is 1. The summed E-state index contributed by atoms with van der Waals surface area (Å²) in [7, 11) is 0. The van der Waals surface area contributed by atoms with Gasteiger partial charge in [0.2, 0.25) is 0 Å². The van der Waals surface area contributed by atoms with E-state index >= 15 is 0 Å². The van der Waals surface area contributed by atoms with E-state index in [1.807, 2.05) is 0 Å². The first-order chi connectivity index (χ1) is 7.59. The van der Waals surface area contributed by atoms with Crippen molar-refractivity contribution in [3.8, 4) is 0 Å². The molecule has 0 radical (unpaired) electrons. The quantitative estimate of drug-likeness (QED) is 0.877. The van der Waals surface area contributed by atoms with Gasteiger partial charge in [-0.15, -0.1) is 0 Å². The van der Waals surface area contributed by atoms with Crippen molar-refractivity contribution < 1.29 is 14.3 Å². The normalized spacial score (nSPS) is 10.6. The highest BCUT2D eigenvalue weighted by Crippen LogP contribution is 2.27. The molecule has 2 aromatic rings. The van der Waals surface area contributed by atoms with Crippen LogP contribution in [-0.2, 0) is 11.2 Å². The Bertz CT molecular complexity index is 571. The van der Waals surface area contributed by atoms with Crippen molar-refractivity contribution in [1.29, 1.82) is 0 Å². The van der Waals surface area contributed by atoms with E-state index in [0.717, 1.165) is 0 Å². The van der Waals surface area contributed by atoms with Crippen LogP contribution in [-0.4, -0.2) is 16.1 Å². The number of hydrogen-bond donors (Lipinski definition) is 1. The number of para-hydroxylation sites is 1. The van der Waals surface area contributed by atoms with Gasteiger partial charge in [-0.3, -0.25) is 9.78 Å². The Morgan fingerprint density at radius 1 is 1.50 bits per heavy atom. The molecule has 0 saturated carbocycles. The highest BCUT2D eigenvalue weighted by atomic mass is 35.5. The first-order valence-corrected chi connectivity index (χ1v) is 4.91. The predicted molar refractivity (Wildman–Crippen MR) is 58.1 cm³/mol. The Balaban J connectivity index is 2.65. The van der Waals surface area contributed by atoms with Crippen LogP contribution in [0.25, 0.3) is 10.9 Å². The fourth-order valence-electron chi connectivity index (χ4n) is 1.48. The third-order valence-electron chi connectivity index (χ3n) is 2.20. The summed E-state index contributed by atoms with van der Waals surface area (Å²) in [5.41, 5.74) is 0.536. The molecule has 1 aromatic carbocycles. The van der Waals surface area contributed by atoms with E-state index in [-0.39, 0.29) is 17.0 Å². The Morgan fingerprint density at radius 2 is 2.25 bits per heavy atom. The van der Waals surface area contributed by atoms with Gasteiger partial charge >= 0.3 is 5.97 Å². The zero-order chi connectivity index (χ0) is 11.7. The Kier molecular flexibility index (Phi) is 2.75. The number of pyridine rings is 1. The molecule has 5 heteroatoms. The maximum atomic E-state index is 13.3. The summed E-state index contributed by atoms with van der Waals surface area (Å²) in [6, 6.07) is 4.40. The largest absolute Gasteiger partial charge is 0.481 e. The molecule has 16 heavy (non-hydrogen) atoms. The van der Waals surface area contributed by atoms with Crippen molar-refractivity contribution in [2.45, 2.75) is 6.42 Å². The molecular weight excluding hydrogens is 233 g/mol. The molecule has 82 valence electrons. The molecule has 0 unspecified atom stereocenters. The molecule has 0 bridgehead atoms. The number of aromatic nitrogens is 1. The van der Waals surface area contributed by atoms with Crippen molar-refractivity contribution in [3.05, 3.63) is 40.8 Å². The minimum Gasteiger partial charge on any atom is -0.481 e. The van der Waals surface area contributed by atoms with Crippen molar-refractivity contribution in [1.82, 2.24) is 4.98 Å². The summed E-state index contributed by atoms with van der Waals surface area (Å²) in [6.45, 7) is 0. The number of benzene rings is 1. The maximum Gasteiger partial charge on any atom is 0.307 e. The van der Waals surface area contributed by atoms with Crippen LogP contribution in [0.15, 0.2) is 24.4 Å². The van der Waals surface area contributed by atoms with Crippen molar-refractivity contribution in [2.75, 3.05) is 0 Å². The van der Waals surface area contributed by atoms with Crippen LogP contribution in [0.2, 0.25) is 5.02 Å². The number of carbonyl (C=O) groups is 1. The lowest BCUT2D eigenvalue weighted by atomic mass is 10.1. The van der Waals surface area contributed by atoms with Crippen LogP contribution in [0, 0.1) is 5.82 Å². The Hall–Kier alpha value is -1.68. The van der Waals surface area contributed by atoms with Crippen LogP contribution in [0.4, 0.5) is 4.39 Å². The standard InChI is InChI=1S/C11H7ClFNO2/c12-10-6(4-9(15)16)5-14-11-7(10)2-1-3-8(11)13/h1-3,5H,4H2,(H,15,16). The van der Waals surface area contributed by atoms with Gasteiger partial charge in [0.05, 0.1) is 11.4 Å². The maximum absolute atomic E-state index is 13.3. The minimum absolute atomic E-state index is 0.154. The number of nitrogens with zero attached hydrogens (tertiary/aromatic N) is 1. The monoisotopic (exact) mass is 239 g/mol. The summed E-state index contributed by atoms with van der Waals surface area (Å²) in [5.74, 6) is -1.47. The molecule has 2 rings (SSSR count). The second-order valence-corrected chi connectivity index (χ2v) is 3.68.